The van der Waals surface area contributed by atoms with Crippen LogP contribution < -0.4 is 5.32 Å². The molecule has 0 aliphatic carbocycles. The summed E-state index contributed by atoms with van der Waals surface area (Å²) in [5.74, 6) is 1.95. The molecule has 0 aliphatic rings. The maximum Gasteiger partial charge on any atom is 0.245 e. The fourth-order valence-electron chi connectivity index (χ4n) is 2.24. The van der Waals surface area contributed by atoms with Crippen molar-refractivity contribution in [1.82, 2.24) is 19.7 Å². The number of anilines is 1. The number of benzene rings is 1. The first-order chi connectivity index (χ1) is 10.8. The number of imidazole rings is 1. The van der Waals surface area contributed by atoms with E-state index in [1.807, 2.05) is 35.1 Å². The molecule has 1 amide bonds. The van der Waals surface area contributed by atoms with Crippen molar-refractivity contribution in [3.8, 4) is 0 Å². The second-order valence-corrected chi connectivity index (χ2v) is 5.56. The molecule has 0 unspecified atom stereocenters. The minimum absolute atomic E-state index is 0.147. The van der Waals surface area contributed by atoms with Crippen LogP contribution in [0, 0.1) is 0 Å². The summed E-state index contributed by atoms with van der Waals surface area (Å²) in [4.78, 5) is 16.8. The molecule has 2 aromatic heterocycles. The molecule has 0 saturated carbocycles. The Kier molecular flexibility index (Phi) is 4.34. The lowest BCUT2D eigenvalue weighted by Gasteiger charge is -2.08. The highest BCUT2D eigenvalue weighted by Crippen LogP contribution is 2.19. The summed E-state index contributed by atoms with van der Waals surface area (Å²) < 4.78 is 1.94. The first-order valence-corrected chi connectivity index (χ1v) is 8.18. The normalized spacial score (nSPS) is 10.8. The topological polar surface area (TPSA) is 72.7 Å². The van der Waals surface area contributed by atoms with E-state index in [2.05, 4.69) is 20.5 Å². The van der Waals surface area contributed by atoms with E-state index in [4.69, 9.17) is 0 Å². The van der Waals surface area contributed by atoms with E-state index in [-0.39, 0.29) is 12.5 Å². The van der Waals surface area contributed by atoms with Crippen LogP contribution in [-0.2, 0) is 17.1 Å². The third-order valence-corrected chi connectivity index (χ3v) is 3.70. The van der Waals surface area contributed by atoms with Crippen LogP contribution in [0.1, 0.15) is 5.82 Å². The summed E-state index contributed by atoms with van der Waals surface area (Å²) >= 11 is 1.68. The molecule has 1 N–H and O–H groups in total. The Morgan fingerprint density at radius 1 is 1.27 bits per heavy atom. The molecule has 3 rings (SSSR count). The van der Waals surface area contributed by atoms with Gasteiger partial charge in [0.2, 0.25) is 5.91 Å². The molecule has 0 bridgehead atoms. The molecule has 2 heterocycles. The number of hydrogen-bond acceptors (Lipinski definition) is 5. The lowest BCUT2D eigenvalue weighted by atomic mass is 10.3. The van der Waals surface area contributed by atoms with Crippen molar-refractivity contribution >= 4 is 34.5 Å². The predicted molar refractivity (Wildman–Crippen MR) is 87.6 cm³/mol. The highest BCUT2D eigenvalue weighted by atomic mass is 32.2. The number of fused-ring (bicyclic) bond motifs is 1. The molecule has 112 valence electrons. The number of amides is 1. The van der Waals surface area contributed by atoms with Gasteiger partial charge >= 0.3 is 0 Å². The fourth-order valence-corrected chi connectivity index (χ4v) is 2.71. The number of para-hydroxylation sites is 2. The largest absolute Gasteiger partial charge is 0.318 e. The van der Waals surface area contributed by atoms with Crippen molar-refractivity contribution in [2.45, 2.75) is 12.3 Å². The van der Waals surface area contributed by atoms with Gasteiger partial charge in [0.1, 0.15) is 12.4 Å². The Morgan fingerprint density at radius 2 is 2.14 bits per heavy atom. The Morgan fingerprint density at radius 3 is 2.91 bits per heavy atom. The van der Waals surface area contributed by atoms with E-state index in [0.717, 1.165) is 22.6 Å². The van der Waals surface area contributed by atoms with Crippen LogP contribution in [0.4, 0.5) is 5.82 Å². The number of thioether (sulfide) groups is 1. The van der Waals surface area contributed by atoms with Crippen LogP contribution in [0.3, 0.4) is 0 Å². The van der Waals surface area contributed by atoms with Crippen LogP contribution in [0.2, 0.25) is 0 Å². The van der Waals surface area contributed by atoms with Gasteiger partial charge in [-0.2, -0.15) is 16.9 Å². The lowest BCUT2D eigenvalue weighted by molar-refractivity contribution is -0.116. The quantitative estimate of drug-likeness (QED) is 0.782. The number of rotatable bonds is 5. The maximum atomic E-state index is 12.2. The van der Waals surface area contributed by atoms with Crippen molar-refractivity contribution < 1.29 is 4.79 Å². The third-order valence-electron chi connectivity index (χ3n) is 3.15. The molecule has 0 saturated heterocycles. The molecule has 22 heavy (non-hydrogen) atoms. The fraction of sp³-hybridized carbons (Fsp3) is 0.200. The van der Waals surface area contributed by atoms with Gasteiger partial charge in [0.15, 0.2) is 5.82 Å². The van der Waals surface area contributed by atoms with Crippen LogP contribution in [0.15, 0.2) is 42.6 Å². The van der Waals surface area contributed by atoms with Gasteiger partial charge in [-0.3, -0.25) is 4.79 Å². The van der Waals surface area contributed by atoms with Gasteiger partial charge < -0.3 is 9.88 Å². The van der Waals surface area contributed by atoms with Crippen LogP contribution in [0.5, 0.6) is 0 Å². The Labute approximate surface area is 132 Å². The summed E-state index contributed by atoms with van der Waals surface area (Å²) in [6.07, 6.45) is 3.58. The molecule has 7 heteroatoms. The zero-order valence-electron chi connectivity index (χ0n) is 12.1. The SMILES string of the molecule is CSCc1nc2ccccc2n1CC(=O)Nc1cccnn1. The zero-order chi connectivity index (χ0) is 15.4. The van der Waals surface area contributed by atoms with Crippen molar-refractivity contribution in [2.24, 2.45) is 0 Å². The first kappa shape index (κ1) is 14.5. The molecule has 0 radical (unpaired) electrons. The summed E-state index contributed by atoms with van der Waals surface area (Å²) in [6, 6.07) is 11.3. The van der Waals surface area contributed by atoms with Crippen molar-refractivity contribution in [1.29, 1.82) is 0 Å². The van der Waals surface area contributed by atoms with Gasteiger partial charge in [0.05, 0.1) is 16.8 Å². The number of carbonyl (C=O) groups is 1. The van der Waals surface area contributed by atoms with E-state index in [1.54, 1.807) is 30.1 Å². The highest BCUT2D eigenvalue weighted by molar-refractivity contribution is 7.97. The number of aromatic nitrogens is 4. The van der Waals surface area contributed by atoms with Gasteiger partial charge in [-0.15, -0.1) is 5.10 Å². The Hall–Kier alpha value is -2.41. The Balaban J connectivity index is 1.86. The van der Waals surface area contributed by atoms with Gasteiger partial charge in [-0.1, -0.05) is 12.1 Å². The van der Waals surface area contributed by atoms with E-state index >= 15 is 0 Å². The van der Waals surface area contributed by atoms with E-state index in [0.29, 0.717) is 5.82 Å². The van der Waals surface area contributed by atoms with E-state index < -0.39 is 0 Å². The summed E-state index contributed by atoms with van der Waals surface area (Å²) in [5, 5.41) is 10.3. The molecule has 3 aromatic rings. The van der Waals surface area contributed by atoms with Gasteiger partial charge in [0.25, 0.3) is 0 Å². The van der Waals surface area contributed by atoms with Crippen LogP contribution in [-0.4, -0.2) is 31.9 Å². The van der Waals surface area contributed by atoms with Crippen LogP contribution >= 0.6 is 11.8 Å². The lowest BCUT2D eigenvalue weighted by Crippen LogP contribution is -2.20. The first-order valence-electron chi connectivity index (χ1n) is 6.78. The second kappa shape index (κ2) is 6.57. The summed E-state index contributed by atoms with van der Waals surface area (Å²) in [6.45, 7) is 0.201. The number of nitrogens with one attached hydrogen (secondary N) is 1. The van der Waals surface area contributed by atoms with Gasteiger partial charge in [-0.05, 0) is 30.5 Å². The van der Waals surface area contributed by atoms with Crippen molar-refractivity contribution in [3.63, 3.8) is 0 Å². The van der Waals surface area contributed by atoms with Crippen molar-refractivity contribution in [3.05, 3.63) is 48.4 Å². The minimum Gasteiger partial charge on any atom is -0.318 e. The third kappa shape index (κ3) is 3.09. The summed E-state index contributed by atoms with van der Waals surface area (Å²) in [7, 11) is 0. The molecular formula is C15H15N5OS. The van der Waals surface area contributed by atoms with E-state index in [1.165, 1.54) is 0 Å². The smallest absolute Gasteiger partial charge is 0.245 e. The molecule has 0 atom stereocenters. The number of carbonyl (C=O) groups excluding carboxylic acids is 1. The van der Waals surface area contributed by atoms with Gasteiger partial charge in [-0.25, -0.2) is 4.98 Å². The van der Waals surface area contributed by atoms with E-state index in [9.17, 15) is 4.79 Å². The Bertz CT molecular complexity index is 787. The number of nitrogens with zero attached hydrogens (tertiary/aromatic N) is 4. The zero-order valence-corrected chi connectivity index (χ0v) is 12.9. The maximum absolute atomic E-state index is 12.2. The minimum atomic E-state index is -0.147. The molecular weight excluding hydrogens is 298 g/mol. The highest BCUT2D eigenvalue weighted by Gasteiger charge is 2.13. The molecule has 1 aromatic carbocycles. The molecule has 0 spiro atoms. The average Bonchev–Trinajstić information content (AvgIpc) is 2.86. The van der Waals surface area contributed by atoms with Gasteiger partial charge in [0, 0.05) is 6.20 Å². The number of hydrogen-bond donors (Lipinski definition) is 1. The standard InChI is InChI=1S/C15H15N5OS/c1-22-10-14-17-11-5-2-3-6-12(11)20(14)9-15(21)18-13-7-4-8-16-19-13/h2-8H,9-10H2,1H3,(H,18,19,21). The monoisotopic (exact) mass is 313 g/mol. The molecule has 0 fully saturated rings. The second-order valence-electron chi connectivity index (χ2n) is 4.69. The molecule has 6 nitrogen and oxygen atoms in total. The van der Waals surface area contributed by atoms with Crippen LogP contribution in [0.25, 0.3) is 11.0 Å². The average molecular weight is 313 g/mol. The predicted octanol–water partition coefficient (Wildman–Crippen LogP) is 2.33. The van der Waals surface area contributed by atoms with Crippen molar-refractivity contribution in [2.75, 3.05) is 11.6 Å². The molecule has 0 aliphatic heterocycles. The summed E-state index contributed by atoms with van der Waals surface area (Å²) in [5.41, 5.74) is 1.86.